The van der Waals surface area contributed by atoms with E-state index in [0.29, 0.717) is 42.0 Å². The Bertz CT molecular complexity index is 1180. The van der Waals surface area contributed by atoms with E-state index in [2.05, 4.69) is 4.72 Å². The summed E-state index contributed by atoms with van der Waals surface area (Å²) in [5.41, 5.74) is 1.33. The van der Waals surface area contributed by atoms with Crippen LogP contribution in [0.25, 0.3) is 0 Å². The maximum atomic E-state index is 12.7. The highest BCUT2D eigenvalue weighted by atomic mass is 35.5. The maximum absolute atomic E-state index is 12.7. The Balaban J connectivity index is 1.39. The van der Waals surface area contributed by atoms with E-state index in [9.17, 15) is 22.8 Å². The monoisotopic (exact) mass is 536 g/mol. The van der Waals surface area contributed by atoms with Crippen molar-refractivity contribution in [1.29, 1.82) is 0 Å². The molecule has 2 atom stereocenters. The summed E-state index contributed by atoms with van der Waals surface area (Å²) >= 11 is 5.83. The predicted molar refractivity (Wildman–Crippen MR) is 134 cm³/mol. The average Bonchev–Trinajstić information content (AvgIpc) is 2.83. The van der Waals surface area contributed by atoms with Gasteiger partial charge in [0.05, 0.1) is 12.0 Å². The molecule has 2 N–H and O–H groups in total. The second-order valence-electron chi connectivity index (χ2n) is 8.54. The number of nitrogens with one attached hydrogen (secondary N) is 1. The van der Waals surface area contributed by atoms with Gasteiger partial charge < -0.3 is 9.84 Å². The second kappa shape index (κ2) is 12.4. The molecule has 36 heavy (non-hydrogen) atoms. The van der Waals surface area contributed by atoms with Crippen molar-refractivity contribution < 1.29 is 32.6 Å². The Morgan fingerprint density at radius 1 is 1.08 bits per heavy atom. The van der Waals surface area contributed by atoms with Crippen LogP contribution in [0.4, 0.5) is 0 Å². The Hall–Kier alpha value is -2.79. The molecule has 1 aliphatic heterocycles. The highest BCUT2D eigenvalue weighted by Gasteiger charge is 2.47. The van der Waals surface area contributed by atoms with Crippen LogP contribution in [-0.2, 0) is 26.1 Å². The SMILES string of the molecule is CC(OCCCCCC(=O)c1ccc(Cl)cc1)N1C(=O)CC1S(=O)(=O)NCc1ccc(C(=O)O)cc1. The topological polar surface area (TPSA) is 130 Å². The van der Waals surface area contributed by atoms with E-state index in [-0.39, 0.29) is 30.2 Å². The van der Waals surface area contributed by atoms with Gasteiger partial charge in [-0.2, -0.15) is 0 Å². The van der Waals surface area contributed by atoms with Crippen molar-refractivity contribution in [2.24, 2.45) is 0 Å². The maximum Gasteiger partial charge on any atom is 0.335 e. The number of carboxylic acids is 1. The fraction of sp³-hybridized carbons (Fsp3) is 0.400. The molecule has 194 valence electrons. The van der Waals surface area contributed by atoms with Gasteiger partial charge >= 0.3 is 5.97 Å². The van der Waals surface area contributed by atoms with Crippen LogP contribution in [0.15, 0.2) is 48.5 Å². The molecule has 0 aromatic heterocycles. The quantitative estimate of drug-likeness (QED) is 0.213. The lowest BCUT2D eigenvalue weighted by atomic mass is 10.1. The first-order valence-electron chi connectivity index (χ1n) is 11.6. The number of unbranched alkanes of at least 4 members (excludes halogenated alkanes) is 2. The number of halogens is 1. The molecule has 0 spiro atoms. The first-order chi connectivity index (χ1) is 17.1. The third-order valence-electron chi connectivity index (χ3n) is 5.95. The number of β-lactam (4-membered cyclic amide) rings is 1. The van der Waals surface area contributed by atoms with Gasteiger partial charge in [-0.15, -0.1) is 0 Å². The number of hydrogen-bond donors (Lipinski definition) is 2. The summed E-state index contributed by atoms with van der Waals surface area (Å²) in [6.07, 6.45) is 1.68. The number of amides is 1. The Morgan fingerprint density at radius 3 is 2.33 bits per heavy atom. The minimum Gasteiger partial charge on any atom is -0.478 e. The Kier molecular flexibility index (Phi) is 9.61. The number of sulfonamides is 1. The molecule has 11 heteroatoms. The van der Waals surface area contributed by atoms with Gasteiger partial charge in [-0.3, -0.25) is 14.5 Å². The number of aromatic carboxylic acids is 1. The first-order valence-corrected chi connectivity index (χ1v) is 13.5. The van der Waals surface area contributed by atoms with Gasteiger partial charge in [-0.1, -0.05) is 30.2 Å². The van der Waals surface area contributed by atoms with Crippen LogP contribution in [-0.4, -0.2) is 54.3 Å². The van der Waals surface area contributed by atoms with Crippen LogP contribution < -0.4 is 4.72 Å². The van der Waals surface area contributed by atoms with Crippen molar-refractivity contribution in [1.82, 2.24) is 9.62 Å². The molecule has 0 radical (unpaired) electrons. The fourth-order valence-electron chi connectivity index (χ4n) is 3.82. The molecular formula is C25H29ClN2O7S. The van der Waals surface area contributed by atoms with E-state index in [1.54, 1.807) is 31.2 Å². The number of rotatable bonds is 14. The van der Waals surface area contributed by atoms with E-state index in [1.165, 1.54) is 29.2 Å². The van der Waals surface area contributed by atoms with Gasteiger partial charge in [-0.05, 0) is 61.7 Å². The highest BCUT2D eigenvalue weighted by molar-refractivity contribution is 7.90. The zero-order chi connectivity index (χ0) is 26.3. The molecule has 2 unspecified atom stereocenters. The molecular weight excluding hydrogens is 508 g/mol. The van der Waals surface area contributed by atoms with Crippen LogP contribution in [0.1, 0.15) is 65.3 Å². The van der Waals surface area contributed by atoms with Crippen LogP contribution in [0.2, 0.25) is 5.02 Å². The minimum atomic E-state index is -3.84. The number of likely N-dealkylation sites (tertiary alicyclic amines) is 1. The molecule has 1 aliphatic rings. The summed E-state index contributed by atoms with van der Waals surface area (Å²) in [5.74, 6) is -1.33. The number of ketones is 1. The molecule has 9 nitrogen and oxygen atoms in total. The zero-order valence-electron chi connectivity index (χ0n) is 19.9. The minimum absolute atomic E-state index is 0.0231. The molecule has 0 bridgehead atoms. The summed E-state index contributed by atoms with van der Waals surface area (Å²) in [5, 5.41) is 8.50. The smallest absolute Gasteiger partial charge is 0.335 e. The van der Waals surface area contributed by atoms with Crippen LogP contribution in [0, 0.1) is 0 Å². The Morgan fingerprint density at radius 2 is 1.72 bits per heavy atom. The van der Waals surface area contributed by atoms with E-state index in [4.69, 9.17) is 21.4 Å². The van der Waals surface area contributed by atoms with E-state index < -0.39 is 27.6 Å². The fourth-order valence-corrected chi connectivity index (χ4v) is 5.46. The Labute approximate surface area is 215 Å². The number of hydrogen-bond acceptors (Lipinski definition) is 6. The van der Waals surface area contributed by atoms with Crippen molar-refractivity contribution in [3.05, 3.63) is 70.2 Å². The zero-order valence-corrected chi connectivity index (χ0v) is 21.4. The second-order valence-corrected chi connectivity index (χ2v) is 10.9. The summed E-state index contributed by atoms with van der Waals surface area (Å²) < 4.78 is 33.7. The van der Waals surface area contributed by atoms with Crippen molar-refractivity contribution in [3.63, 3.8) is 0 Å². The van der Waals surface area contributed by atoms with Crippen molar-refractivity contribution >= 4 is 39.3 Å². The summed E-state index contributed by atoms with van der Waals surface area (Å²) in [4.78, 5) is 36.4. The lowest BCUT2D eigenvalue weighted by Gasteiger charge is -2.43. The number of nitrogens with zero attached hydrogens (tertiary/aromatic N) is 1. The lowest BCUT2D eigenvalue weighted by Crippen LogP contribution is -2.62. The molecule has 0 saturated carbocycles. The molecule has 1 saturated heterocycles. The van der Waals surface area contributed by atoms with E-state index in [0.717, 1.165) is 6.42 Å². The van der Waals surface area contributed by atoms with Gasteiger partial charge in [0, 0.05) is 30.2 Å². The molecule has 3 rings (SSSR count). The summed E-state index contributed by atoms with van der Waals surface area (Å²) in [6, 6.07) is 12.6. The average molecular weight is 537 g/mol. The van der Waals surface area contributed by atoms with Gasteiger partial charge in [0.25, 0.3) is 0 Å². The number of Topliss-reactive ketones (excluding diaryl/α,β-unsaturated/α-hetero) is 1. The number of benzene rings is 2. The van der Waals surface area contributed by atoms with E-state index >= 15 is 0 Å². The third kappa shape index (κ3) is 7.36. The molecule has 0 aliphatic carbocycles. The molecule has 2 aromatic carbocycles. The standard InChI is InChI=1S/C25H29ClN2O7S/c1-17(35-14-4-2-3-5-22(29)19-10-12-21(26)13-11-19)28-23(30)15-24(28)36(33,34)27-16-18-6-8-20(9-7-18)25(31)32/h6-13,17,24,27H,2-5,14-16H2,1H3,(H,31,32). The van der Waals surface area contributed by atoms with Gasteiger partial charge in [-0.25, -0.2) is 17.9 Å². The van der Waals surface area contributed by atoms with Crippen LogP contribution in [0.3, 0.4) is 0 Å². The normalized spacial score (nSPS) is 16.4. The number of carbonyl (C=O) groups excluding carboxylic acids is 2. The predicted octanol–water partition coefficient (Wildman–Crippen LogP) is 3.82. The summed E-state index contributed by atoms with van der Waals surface area (Å²) in [7, 11) is -3.84. The molecule has 1 heterocycles. The lowest BCUT2D eigenvalue weighted by molar-refractivity contribution is -0.161. The third-order valence-corrected chi connectivity index (χ3v) is 7.86. The number of ether oxygens (including phenoxy) is 1. The molecule has 2 aromatic rings. The highest BCUT2D eigenvalue weighted by Crippen LogP contribution is 2.27. The molecule has 1 fully saturated rings. The van der Waals surface area contributed by atoms with Gasteiger partial charge in [0.2, 0.25) is 15.9 Å². The van der Waals surface area contributed by atoms with Crippen molar-refractivity contribution in [2.45, 2.75) is 57.2 Å². The van der Waals surface area contributed by atoms with Gasteiger partial charge in [0.1, 0.15) is 6.23 Å². The number of carboxylic acid groups (broad SMARTS) is 1. The van der Waals surface area contributed by atoms with Crippen molar-refractivity contribution in [3.8, 4) is 0 Å². The van der Waals surface area contributed by atoms with Crippen LogP contribution >= 0.6 is 11.6 Å². The largest absolute Gasteiger partial charge is 0.478 e. The van der Waals surface area contributed by atoms with Crippen LogP contribution in [0.5, 0.6) is 0 Å². The summed E-state index contributed by atoms with van der Waals surface area (Å²) in [6.45, 7) is 1.94. The van der Waals surface area contributed by atoms with Gasteiger partial charge in [0.15, 0.2) is 11.2 Å². The first kappa shape index (κ1) is 27.8. The number of carbonyl (C=O) groups is 3. The van der Waals surface area contributed by atoms with Crippen molar-refractivity contribution in [2.75, 3.05) is 6.61 Å². The van der Waals surface area contributed by atoms with E-state index in [1.807, 2.05) is 0 Å². The molecule has 1 amide bonds.